The molecule has 3 nitrogen and oxygen atoms in total. The molecule has 0 atom stereocenters. The summed E-state index contributed by atoms with van der Waals surface area (Å²) in [5.74, 6) is -12.2. The predicted octanol–water partition coefficient (Wildman–Crippen LogP) is 11.5. The Morgan fingerprint density at radius 3 is 1.73 bits per heavy atom. The lowest BCUT2D eigenvalue weighted by Crippen LogP contribution is -2.25. The molecule has 0 bridgehead atoms. The highest BCUT2D eigenvalue weighted by Crippen LogP contribution is 2.40. The molecular formula is C36H25F10NO2. The molecule has 0 saturated carbocycles. The van der Waals surface area contributed by atoms with Gasteiger partial charge in [-0.2, -0.15) is 8.78 Å². The number of aromatic nitrogens is 1. The van der Waals surface area contributed by atoms with Gasteiger partial charge >= 0.3 is 12.5 Å². The van der Waals surface area contributed by atoms with Gasteiger partial charge in [0.25, 0.3) is 0 Å². The van der Waals surface area contributed by atoms with Crippen LogP contribution in [0.3, 0.4) is 0 Å². The van der Waals surface area contributed by atoms with Crippen molar-refractivity contribution in [1.82, 2.24) is 4.98 Å². The van der Waals surface area contributed by atoms with Gasteiger partial charge in [0.1, 0.15) is 28.8 Å². The van der Waals surface area contributed by atoms with Crippen LogP contribution in [0.5, 0.6) is 11.5 Å². The van der Waals surface area contributed by atoms with Gasteiger partial charge in [-0.25, -0.2) is 22.0 Å². The normalized spacial score (nSPS) is 11.9. The van der Waals surface area contributed by atoms with E-state index >= 15 is 4.39 Å². The average molecular weight is 694 g/mol. The van der Waals surface area contributed by atoms with E-state index in [1.165, 1.54) is 12.1 Å². The van der Waals surface area contributed by atoms with Crippen molar-refractivity contribution in [2.24, 2.45) is 0 Å². The zero-order chi connectivity index (χ0) is 35.5. The number of hydrogen-bond donors (Lipinski definition) is 0. The first-order chi connectivity index (χ1) is 23.1. The van der Waals surface area contributed by atoms with Crippen LogP contribution >= 0.6 is 0 Å². The fourth-order valence-corrected chi connectivity index (χ4v) is 5.10. The molecule has 13 heteroatoms. The van der Waals surface area contributed by atoms with Gasteiger partial charge in [0.2, 0.25) is 5.75 Å². The summed E-state index contributed by atoms with van der Waals surface area (Å²) < 4.78 is 147. The zero-order valence-electron chi connectivity index (χ0n) is 25.5. The summed E-state index contributed by atoms with van der Waals surface area (Å²) in [6.07, 6.45) is -4.29. The number of hydrogen-bond acceptors (Lipinski definition) is 3. The second-order valence-corrected chi connectivity index (χ2v) is 11.0. The zero-order valence-corrected chi connectivity index (χ0v) is 25.5. The maximum Gasteiger partial charge on any atom is 0.573 e. The van der Waals surface area contributed by atoms with Crippen molar-refractivity contribution in [2.75, 3.05) is 0 Å². The molecule has 5 rings (SSSR count). The quantitative estimate of drug-likeness (QED) is 0.102. The fourth-order valence-electron chi connectivity index (χ4n) is 5.10. The van der Waals surface area contributed by atoms with E-state index in [1.807, 2.05) is 18.3 Å². The Morgan fingerprint density at radius 1 is 0.592 bits per heavy atom. The van der Waals surface area contributed by atoms with Crippen LogP contribution in [0.15, 0.2) is 85.1 Å². The monoisotopic (exact) mass is 693 g/mol. The first-order valence-electron chi connectivity index (χ1n) is 14.8. The molecule has 4 aromatic carbocycles. The number of benzene rings is 4. The summed E-state index contributed by atoms with van der Waals surface area (Å²) >= 11 is 0. The molecule has 0 aliphatic heterocycles. The Labute approximate surface area is 273 Å². The van der Waals surface area contributed by atoms with Gasteiger partial charge in [-0.1, -0.05) is 62.2 Å². The van der Waals surface area contributed by atoms with Gasteiger partial charge in [-0.3, -0.25) is 4.98 Å². The Balaban J connectivity index is 1.33. The number of alkyl halides is 5. The van der Waals surface area contributed by atoms with Crippen LogP contribution < -0.4 is 9.47 Å². The highest BCUT2D eigenvalue weighted by Gasteiger charge is 2.42. The maximum atomic E-state index is 15.2. The number of nitrogens with zero attached hydrogens (tertiary/aromatic N) is 1. The van der Waals surface area contributed by atoms with Gasteiger partial charge in [-0.15, -0.1) is 13.2 Å². The number of rotatable bonds is 11. The smallest absolute Gasteiger partial charge is 0.429 e. The van der Waals surface area contributed by atoms with E-state index in [0.29, 0.717) is 23.3 Å². The van der Waals surface area contributed by atoms with Crippen LogP contribution in [0, 0.1) is 29.1 Å². The fraction of sp³-hybridized carbons (Fsp3) is 0.194. The van der Waals surface area contributed by atoms with Crippen LogP contribution in [0.4, 0.5) is 43.9 Å². The third-order valence-corrected chi connectivity index (χ3v) is 7.46. The number of halogens is 10. The third-order valence-electron chi connectivity index (χ3n) is 7.46. The van der Waals surface area contributed by atoms with Crippen molar-refractivity contribution in [1.29, 1.82) is 0 Å². The van der Waals surface area contributed by atoms with Gasteiger partial charge in [0.05, 0.1) is 5.69 Å². The molecule has 5 aromatic rings. The standard InChI is InChI=1S/C36H25F10NO2/c1-2-3-4-5-20-6-13-32(47-19-20)22-9-7-21(8-10-22)23-11-12-26(27(37)14-23)24-15-28(38)33(29(39)16-24)35(42,43)48-25-17-30(40)34(31(41)18-25)49-36(44,45)46/h6-19H,2-5H2,1H3. The lowest BCUT2D eigenvalue weighted by atomic mass is 9.97. The van der Waals surface area contributed by atoms with Gasteiger partial charge in [0.15, 0.2) is 11.6 Å². The van der Waals surface area contributed by atoms with Crippen molar-refractivity contribution in [3.8, 4) is 45.0 Å². The van der Waals surface area contributed by atoms with E-state index < -0.39 is 64.2 Å². The van der Waals surface area contributed by atoms with Crippen LogP contribution in [0.1, 0.15) is 37.3 Å². The number of unbranched alkanes of at least 4 members (excludes halogenated alkanes) is 2. The van der Waals surface area contributed by atoms with Crippen molar-refractivity contribution >= 4 is 0 Å². The summed E-state index contributed by atoms with van der Waals surface area (Å²) in [5.41, 5.74) is 0.965. The van der Waals surface area contributed by atoms with Crippen molar-refractivity contribution < 1.29 is 53.4 Å². The molecule has 0 spiro atoms. The molecule has 0 unspecified atom stereocenters. The summed E-state index contributed by atoms with van der Waals surface area (Å²) in [4.78, 5) is 4.52. The van der Waals surface area contributed by atoms with Gasteiger partial charge < -0.3 is 9.47 Å². The Hall–Kier alpha value is -5.07. The second-order valence-electron chi connectivity index (χ2n) is 11.0. The summed E-state index contributed by atoms with van der Waals surface area (Å²) in [6, 6.07) is 15.5. The SMILES string of the molecule is CCCCCc1ccc(-c2ccc(-c3ccc(-c4cc(F)c(C(F)(F)Oc5cc(F)c(OC(F)(F)F)c(F)c5)c(F)c4)c(F)c3)cc2)nc1. The number of ether oxygens (including phenoxy) is 2. The lowest BCUT2D eigenvalue weighted by Gasteiger charge is -2.21. The van der Waals surface area contributed by atoms with Crippen LogP contribution in [-0.2, 0) is 12.5 Å². The minimum atomic E-state index is -5.51. The molecule has 256 valence electrons. The van der Waals surface area contributed by atoms with Crippen molar-refractivity contribution in [2.45, 2.75) is 45.1 Å². The first-order valence-corrected chi connectivity index (χ1v) is 14.8. The molecule has 1 aromatic heterocycles. The molecular weight excluding hydrogens is 668 g/mol. The van der Waals surface area contributed by atoms with E-state index in [1.54, 1.807) is 24.3 Å². The molecule has 49 heavy (non-hydrogen) atoms. The number of aryl methyl sites for hydroxylation is 1. The minimum Gasteiger partial charge on any atom is -0.429 e. The molecule has 0 N–H and O–H groups in total. The number of pyridine rings is 1. The molecule has 0 saturated heterocycles. The average Bonchev–Trinajstić information content (AvgIpc) is 3.02. The largest absolute Gasteiger partial charge is 0.573 e. The second kappa shape index (κ2) is 14.2. The minimum absolute atomic E-state index is 0.0872. The summed E-state index contributed by atoms with van der Waals surface area (Å²) in [5, 5.41) is 0. The van der Waals surface area contributed by atoms with Gasteiger partial charge in [0, 0.05) is 29.5 Å². The van der Waals surface area contributed by atoms with E-state index in [0.717, 1.165) is 48.6 Å². The van der Waals surface area contributed by atoms with Crippen molar-refractivity contribution in [3.63, 3.8) is 0 Å². The molecule has 0 fully saturated rings. The van der Waals surface area contributed by atoms with E-state index in [-0.39, 0.29) is 17.7 Å². The topological polar surface area (TPSA) is 31.4 Å². The van der Waals surface area contributed by atoms with Gasteiger partial charge in [-0.05, 0) is 59.4 Å². The molecule has 0 aliphatic rings. The predicted molar refractivity (Wildman–Crippen MR) is 161 cm³/mol. The Bertz CT molecular complexity index is 1900. The summed E-state index contributed by atoms with van der Waals surface area (Å²) in [6.45, 7) is 2.14. The maximum absolute atomic E-state index is 15.2. The molecule has 0 amide bonds. The van der Waals surface area contributed by atoms with E-state index in [4.69, 9.17) is 0 Å². The lowest BCUT2D eigenvalue weighted by molar-refractivity contribution is -0.276. The van der Waals surface area contributed by atoms with Crippen LogP contribution in [0.2, 0.25) is 0 Å². The van der Waals surface area contributed by atoms with Crippen molar-refractivity contribution in [3.05, 3.63) is 125 Å². The van der Waals surface area contributed by atoms with Crippen LogP contribution in [0.25, 0.3) is 33.5 Å². The molecule has 1 heterocycles. The molecule has 0 aliphatic carbocycles. The van der Waals surface area contributed by atoms with E-state index in [9.17, 15) is 39.5 Å². The summed E-state index contributed by atoms with van der Waals surface area (Å²) in [7, 11) is 0. The highest BCUT2D eigenvalue weighted by molar-refractivity contribution is 5.73. The van der Waals surface area contributed by atoms with E-state index in [2.05, 4.69) is 21.4 Å². The highest BCUT2D eigenvalue weighted by atomic mass is 19.4. The third kappa shape index (κ3) is 8.33. The molecule has 0 radical (unpaired) electrons. The van der Waals surface area contributed by atoms with Crippen LogP contribution in [-0.4, -0.2) is 11.3 Å². The Kier molecular flexibility index (Phi) is 10.2. The Morgan fingerprint density at radius 2 is 1.18 bits per heavy atom. The first kappa shape index (κ1) is 35.2.